The van der Waals surface area contributed by atoms with Crippen LogP contribution in [-0.2, 0) is 4.79 Å². The van der Waals surface area contributed by atoms with Crippen molar-refractivity contribution in [2.45, 2.75) is 5.92 Å². The Labute approximate surface area is 174 Å². The third-order valence-corrected chi connectivity index (χ3v) is 5.21. The van der Waals surface area contributed by atoms with Crippen molar-refractivity contribution in [2.75, 3.05) is 13.2 Å². The Kier molecular flexibility index (Phi) is 5.82. The van der Waals surface area contributed by atoms with Gasteiger partial charge in [0.25, 0.3) is 5.91 Å². The lowest BCUT2D eigenvalue weighted by molar-refractivity contribution is -0.123. The standard InChI is InChI=1S/C24H21ClN2O2/c25-21-11-5-7-13-23(21)29-16-24(28)27-14-19(17-8-2-1-3-9-17)20-15-26-22-12-6-4-10-18(20)22/h1-13,15,19,26H,14,16H2,(H,27,28)/t19-/m1/s1. The van der Waals surface area contributed by atoms with Crippen LogP contribution in [0.15, 0.2) is 85.1 Å². The molecule has 4 aromatic rings. The van der Waals surface area contributed by atoms with E-state index in [1.807, 2.05) is 48.7 Å². The molecule has 5 heteroatoms. The zero-order valence-electron chi connectivity index (χ0n) is 15.8. The Balaban J connectivity index is 1.49. The molecule has 3 aromatic carbocycles. The van der Waals surface area contributed by atoms with E-state index in [2.05, 4.69) is 34.6 Å². The van der Waals surface area contributed by atoms with Crippen LogP contribution in [-0.4, -0.2) is 24.0 Å². The first-order valence-electron chi connectivity index (χ1n) is 9.47. The maximum Gasteiger partial charge on any atom is 0.257 e. The van der Waals surface area contributed by atoms with Gasteiger partial charge in [-0.1, -0.05) is 72.3 Å². The molecule has 0 saturated heterocycles. The molecule has 4 nitrogen and oxygen atoms in total. The van der Waals surface area contributed by atoms with Crippen LogP contribution >= 0.6 is 11.6 Å². The predicted molar refractivity (Wildman–Crippen MR) is 117 cm³/mol. The maximum atomic E-state index is 12.4. The number of carbonyl (C=O) groups excluding carboxylic acids is 1. The SMILES string of the molecule is O=C(COc1ccccc1Cl)NC[C@H](c1ccccc1)c1c[nH]c2ccccc12. The smallest absolute Gasteiger partial charge is 0.257 e. The van der Waals surface area contributed by atoms with Gasteiger partial charge in [-0.2, -0.15) is 0 Å². The molecule has 0 unspecified atom stereocenters. The molecule has 0 spiro atoms. The zero-order chi connectivity index (χ0) is 20.1. The molecule has 0 fully saturated rings. The van der Waals surface area contributed by atoms with Crippen LogP contribution in [0, 0.1) is 0 Å². The number of hydrogen-bond donors (Lipinski definition) is 2. The van der Waals surface area contributed by atoms with Gasteiger partial charge in [-0.3, -0.25) is 4.79 Å². The van der Waals surface area contributed by atoms with Gasteiger partial charge < -0.3 is 15.0 Å². The number of halogens is 1. The highest BCUT2D eigenvalue weighted by Crippen LogP contribution is 2.30. The normalized spacial score (nSPS) is 11.9. The van der Waals surface area contributed by atoms with Gasteiger partial charge in [0.2, 0.25) is 0 Å². The lowest BCUT2D eigenvalue weighted by Crippen LogP contribution is -2.32. The second kappa shape index (κ2) is 8.84. The van der Waals surface area contributed by atoms with Crippen molar-refractivity contribution < 1.29 is 9.53 Å². The fourth-order valence-corrected chi connectivity index (χ4v) is 3.64. The number of amides is 1. The number of H-pyrrole nitrogens is 1. The van der Waals surface area contributed by atoms with E-state index in [0.717, 1.165) is 22.0 Å². The summed E-state index contributed by atoms with van der Waals surface area (Å²) < 4.78 is 5.55. The van der Waals surface area contributed by atoms with E-state index in [0.29, 0.717) is 17.3 Å². The summed E-state index contributed by atoms with van der Waals surface area (Å²) >= 11 is 6.08. The molecule has 4 rings (SSSR count). The summed E-state index contributed by atoms with van der Waals surface area (Å²) in [6.07, 6.45) is 2.02. The van der Waals surface area contributed by atoms with Gasteiger partial charge in [0, 0.05) is 29.6 Å². The number of benzene rings is 3. The molecule has 0 aliphatic carbocycles. The highest BCUT2D eigenvalue weighted by Gasteiger charge is 2.19. The highest BCUT2D eigenvalue weighted by molar-refractivity contribution is 6.32. The fraction of sp³-hybridized carbons (Fsp3) is 0.125. The van der Waals surface area contributed by atoms with Crippen LogP contribution in [0.25, 0.3) is 10.9 Å². The number of rotatable bonds is 7. The van der Waals surface area contributed by atoms with Gasteiger partial charge in [0.05, 0.1) is 5.02 Å². The first kappa shape index (κ1) is 19.1. The summed E-state index contributed by atoms with van der Waals surface area (Å²) in [6.45, 7) is 0.385. The van der Waals surface area contributed by atoms with Crippen LogP contribution < -0.4 is 10.1 Å². The number of hydrogen-bond acceptors (Lipinski definition) is 2. The minimum Gasteiger partial charge on any atom is -0.482 e. The molecule has 29 heavy (non-hydrogen) atoms. The molecular formula is C24H21ClN2O2. The first-order valence-corrected chi connectivity index (χ1v) is 9.85. The Morgan fingerprint density at radius 2 is 1.69 bits per heavy atom. The molecule has 1 amide bonds. The van der Waals surface area contributed by atoms with Crippen LogP contribution in [0.1, 0.15) is 17.0 Å². The van der Waals surface area contributed by atoms with Crippen molar-refractivity contribution in [3.8, 4) is 5.75 Å². The second-order valence-corrected chi connectivity index (χ2v) is 7.18. The Morgan fingerprint density at radius 3 is 2.52 bits per heavy atom. The summed E-state index contributed by atoms with van der Waals surface area (Å²) in [7, 11) is 0. The molecular weight excluding hydrogens is 384 g/mol. The fourth-order valence-electron chi connectivity index (χ4n) is 3.45. The molecule has 1 atom stereocenters. The molecule has 0 bridgehead atoms. The maximum absolute atomic E-state index is 12.4. The third kappa shape index (κ3) is 4.44. The largest absolute Gasteiger partial charge is 0.482 e. The van der Waals surface area contributed by atoms with Gasteiger partial charge in [-0.05, 0) is 29.3 Å². The average Bonchev–Trinajstić information content (AvgIpc) is 3.18. The molecule has 2 N–H and O–H groups in total. The average molecular weight is 405 g/mol. The molecule has 146 valence electrons. The summed E-state index contributed by atoms with van der Waals surface area (Å²) in [4.78, 5) is 15.7. The van der Waals surface area contributed by atoms with E-state index in [1.54, 1.807) is 12.1 Å². The van der Waals surface area contributed by atoms with E-state index in [9.17, 15) is 4.79 Å². The topological polar surface area (TPSA) is 54.1 Å². The number of carbonyl (C=O) groups is 1. The van der Waals surface area contributed by atoms with Gasteiger partial charge in [0.1, 0.15) is 5.75 Å². The molecule has 0 radical (unpaired) electrons. The van der Waals surface area contributed by atoms with Crippen LogP contribution in [0.2, 0.25) is 5.02 Å². The number of ether oxygens (including phenoxy) is 1. The molecule has 0 saturated carbocycles. The van der Waals surface area contributed by atoms with E-state index in [4.69, 9.17) is 16.3 Å². The molecule has 1 heterocycles. The number of aromatic amines is 1. The van der Waals surface area contributed by atoms with Crippen molar-refractivity contribution in [2.24, 2.45) is 0 Å². The minimum absolute atomic E-state index is 0.0246. The number of nitrogens with one attached hydrogen (secondary N) is 2. The number of para-hydroxylation sites is 2. The Morgan fingerprint density at radius 1 is 0.966 bits per heavy atom. The van der Waals surface area contributed by atoms with E-state index in [1.165, 1.54) is 0 Å². The zero-order valence-corrected chi connectivity index (χ0v) is 16.5. The third-order valence-electron chi connectivity index (χ3n) is 4.90. The van der Waals surface area contributed by atoms with Crippen molar-refractivity contribution >= 4 is 28.4 Å². The summed E-state index contributed by atoms with van der Waals surface area (Å²) in [6, 6.07) is 25.5. The lowest BCUT2D eigenvalue weighted by atomic mass is 9.91. The Hall–Kier alpha value is -3.24. The van der Waals surface area contributed by atoms with E-state index >= 15 is 0 Å². The summed E-state index contributed by atoms with van der Waals surface area (Å²) in [5, 5.41) is 4.65. The molecule has 0 aliphatic heterocycles. The number of aromatic nitrogens is 1. The number of fused-ring (bicyclic) bond motifs is 1. The van der Waals surface area contributed by atoms with Gasteiger partial charge in [0.15, 0.2) is 6.61 Å². The van der Waals surface area contributed by atoms with E-state index in [-0.39, 0.29) is 18.4 Å². The van der Waals surface area contributed by atoms with Crippen LogP contribution in [0.3, 0.4) is 0 Å². The van der Waals surface area contributed by atoms with Crippen molar-refractivity contribution in [1.82, 2.24) is 10.3 Å². The van der Waals surface area contributed by atoms with Crippen molar-refractivity contribution in [3.05, 3.63) is 101 Å². The van der Waals surface area contributed by atoms with E-state index < -0.39 is 0 Å². The summed E-state index contributed by atoms with van der Waals surface area (Å²) in [5.41, 5.74) is 3.38. The highest BCUT2D eigenvalue weighted by atomic mass is 35.5. The minimum atomic E-state index is -0.189. The van der Waals surface area contributed by atoms with Crippen molar-refractivity contribution in [1.29, 1.82) is 0 Å². The van der Waals surface area contributed by atoms with Crippen LogP contribution in [0.4, 0.5) is 0 Å². The Bertz CT molecular complexity index is 1110. The second-order valence-electron chi connectivity index (χ2n) is 6.78. The first-order chi connectivity index (χ1) is 14.2. The van der Waals surface area contributed by atoms with Gasteiger partial charge in [-0.25, -0.2) is 0 Å². The van der Waals surface area contributed by atoms with Gasteiger partial charge >= 0.3 is 0 Å². The van der Waals surface area contributed by atoms with Crippen LogP contribution in [0.5, 0.6) is 5.75 Å². The lowest BCUT2D eigenvalue weighted by Gasteiger charge is -2.18. The monoisotopic (exact) mass is 404 g/mol. The predicted octanol–water partition coefficient (Wildman–Crippen LogP) is 5.15. The van der Waals surface area contributed by atoms with Gasteiger partial charge in [-0.15, -0.1) is 0 Å². The quantitative estimate of drug-likeness (QED) is 0.447. The molecule has 0 aliphatic rings. The molecule has 1 aromatic heterocycles. The summed E-state index contributed by atoms with van der Waals surface area (Å²) in [5.74, 6) is 0.336. The van der Waals surface area contributed by atoms with Crippen molar-refractivity contribution in [3.63, 3.8) is 0 Å².